The van der Waals surface area contributed by atoms with Crippen molar-refractivity contribution in [2.75, 3.05) is 13.7 Å². The van der Waals surface area contributed by atoms with Gasteiger partial charge in [0.15, 0.2) is 30.6 Å². The normalized spacial score (nSPS) is 29.4. The number of ketones is 1. The summed E-state index contributed by atoms with van der Waals surface area (Å²) < 4.78 is 53.1. The highest BCUT2D eigenvalue weighted by molar-refractivity contribution is 7.86. The van der Waals surface area contributed by atoms with Crippen molar-refractivity contribution in [3.8, 4) is 0 Å². The van der Waals surface area contributed by atoms with E-state index < -0.39 is 46.8 Å². The first-order valence-electron chi connectivity index (χ1n) is 9.43. The molecule has 0 saturated carbocycles. The number of fused-ring (bicyclic) bond motifs is 1. The van der Waals surface area contributed by atoms with Gasteiger partial charge in [-0.25, -0.2) is 4.18 Å². The Balaban J connectivity index is 1.56. The van der Waals surface area contributed by atoms with Crippen LogP contribution >= 0.6 is 0 Å². The van der Waals surface area contributed by atoms with Gasteiger partial charge < -0.3 is 18.9 Å². The van der Waals surface area contributed by atoms with Gasteiger partial charge in [0.2, 0.25) is 0 Å². The predicted molar refractivity (Wildman–Crippen MR) is 104 cm³/mol. The molecule has 2 aromatic carbocycles. The second-order valence-corrected chi connectivity index (χ2v) is 8.67. The molecule has 160 valence electrons. The van der Waals surface area contributed by atoms with Crippen LogP contribution < -0.4 is 0 Å². The van der Waals surface area contributed by atoms with Crippen molar-refractivity contribution in [1.82, 2.24) is 0 Å². The average Bonchev–Trinajstić information content (AvgIpc) is 2.76. The van der Waals surface area contributed by atoms with E-state index in [0.29, 0.717) is 0 Å². The van der Waals surface area contributed by atoms with Gasteiger partial charge in [0.25, 0.3) is 10.1 Å². The molecule has 2 saturated heterocycles. The molecule has 2 aliphatic heterocycles. The summed E-state index contributed by atoms with van der Waals surface area (Å²) in [6, 6.07) is 15.3. The van der Waals surface area contributed by atoms with Crippen LogP contribution in [0.2, 0.25) is 0 Å². The van der Waals surface area contributed by atoms with Gasteiger partial charge in [-0.15, -0.1) is 0 Å². The first kappa shape index (κ1) is 21.1. The maximum absolute atomic E-state index is 13.1. The largest absolute Gasteiger partial charge is 0.353 e. The van der Waals surface area contributed by atoms with Crippen LogP contribution in [0.15, 0.2) is 59.5 Å². The van der Waals surface area contributed by atoms with Crippen molar-refractivity contribution in [2.24, 2.45) is 0 Å². The van der Waals surface area contributed by atoms with Gasteiger partial charge in [-0.3, -0.25) is 4.79 Å². The molecule has 30 heavy (non-hydrogen) atoms. The number of ether oxygens (including phenoxy) is 4. The fourth-order valence-electron chi connectivity index (χ4n) is 3.38. The van der Waals surface area contributed by atoms with Crippen LogP contribution in [0.1, 0.15) is 17.4 Å². The molecular weight excluding hydrogens is 412 g/mol. The van der Waals surface area contributed by atoms with E-state index in [2.05, 4.69) is 0 Å². The molecule has 9 heteroatoms. The molecule has 2 fully saturated rings. The summed E-state index contributed by atoms with van der Waals surface area (Å²) in [6.07, 6.45) is -5.26. The van der Waals surface area contributed by atoms with Crippen LogP contribution in [-0.2, 0) is 38.0 Å². The Hall–Kier alpha value is -2.14. The summed E-state index contributed by atoms with van der Waals surface area (Å²) >= 11 is 0. The Labute approximate surface area is 174 Å². The lowest BCUT2D eigenvalue weighted by Crippen LogP contribution is -2.60. The first-order chi connectivity index (χ1) is 14.4. The Bertz CT molecular complexity index is 989. The molecule has 2 heterocycles. The minimum absolute atomic E-state index is 0.0621. The molecule has 0 N–H and O–H groups in total. The third kappa shape index (κ3) is 4.18. The molecule has 0 amide bonds. The molecular formula is C21H22O8S. The molecule has 5 atom stereocenters. The van der Waals surface area contributed by atoms with Crippen molar-refractivity contribution in [3.63, 3.8) is 0 Å². The summed E-state index contributed by atoms with van der Waals surface area (Å²) in [5.41, 5.74) is 1.63. The van der Waals surface area contributed by atoms with Gasteiger partial charge in [-0.05, 0) is 19.1 Å². The van der Waals surface area contributed by atoms with E-state index in [-0.39, 0.29) is 11.5 Å². The number of hydrogen-bond donors (Lipinski definition) is 0. The minimum Gasteiger partial charge on any atom is -0.353 e. The van der Waals surface area contributed by atoms with Crippen LogP contribution in [0.5, 0.6) is 0 Å². The van der Waals surface area contributed by atoms with E-state index in [9.17, 15) is 13.2 Å². The highest BCUT2D eigenvalue weighted by Crippen LogP contribution is 2.34. The van der Waals surface area contributed by atoms with Crippen LogP contribution in [0.3, 0.4) is 0 Å². The Morgan fingerprint density at radius 1 is 1.00 bits per heavy atom. The molecule has 4 rings (SSSR count). The topological polar surface area (TPSA) is 97.4 Å². The molecule has 0 spiro atoms. The Morgan fingerprint density at radius 2 is 1.70 bits per heavy atom. The first-order valence-corrected chi connectivity index (χ1v) is 10.8. The van der Waals surface area contributed by atoms with Crippen molar-refractivity contribution in [3.05, 3.63) is 65.7 Å². The van der Waals surface area contributed by atoms with Gasteiger partial charge in [-0.1, -0.05) is 48.0 Å². The van der Waals surface area contributed by atoms with E-state index in [1.54, 1.807) is 12.1 Å². The molecule has 0 bridgehead atoms. The van der Waals surface area contributed by atoms with Crippen molar-refractivity contribution in [2.45, 2.75) is 42.7 Å². The average molecular weight is 434 g/mol. The quantitative estimate of drug-likeness (QED) is 0.660. The Kier molecular flexibility index (Phi) is 6.01. The van der Waals surface area contributed by atoms with E-state index in [1.807, 2.05) is 37.3 Å². The van der Waals surface area contributed by atoms with Crippen molar-refractivity contribution < 1.29 is 36.3 Å². The minimum atomic E-state index is -4.22. The summed E-state index contributed by atoms with van der Waals surface area (Å²) in [5, 5.41) is 0. The number of rotatable bonds is 5. The maximum atomic E-state index is 13.1. The number of hydrogen-bond acceptors (Lipinski definition) is 8. The molecule has 5 unspecified atom stereocenters. The van der Waals surface area contributed by atoms with Crippen LogP contribution in [0.25, 0.3) is 0 Å². The zero-order chi connectivity index (χ0) is 21.3. The lowest BCUT2D eigenvalue weighted by Gasteiger charge is -2.42. The summed E-state index contributed by atoms with van der Waals surface area (Å²) in [7, 11) is -2.91. The summed E-state index contributed by atoms with van der Waals surface area (Å²) in [4.78, 5) is 13.1. The number of benzene rings is 2. The van der Waals surface area contributed by atoms with Gasteiger partial charge in [0, 0.05) is 12.7 Å². The fraction of sp³-hybridized carbons (Fsp3) is 0.381. The van der Waals surface area contributed by atoms with E-state index >= 15 is 0 Å². The predicted octanol–water partition coefficient (Wildman–Crippen LogP) is 2.12. The third-order valence-corrected chi connectivity index (χ3v) is 6.29. The van der Waals surface area contributed by atoms with Crippen LogP contribution in [0, 0.1) is 6.92 Å². The molecule has 0 aromatic heterocycles. The molecule has 2 aromatic rings. The Morgan fingerprint density at radius 3 is 2.37 bits per heavy atom. The van der Waals surface area contributed by atoms with E-state index in [0.717, 1.165) is 11.1 Å². The third-order valence-electron chi connectivity index (χ3n) is 4.98. The van der Waals surface area contributed by atoms with Crippen molar-refractivity contribution >= 4 is 15.9 Å². The standard InChI is InChI=1S/C21H22O8S/c1-13-8-10-15(11-9-13)30(23,24)29-19-17(22)18-16(27-21(19)25-2)12-26-20(28-18)14-6-4-3-5-7-14/h3-11,16,18-21H,12H2,1-2H3. The molecule has 2 aliphatic rings. The zero-order valence-electron chi connectivity index (χ0n) is 16.5. The number of methoxy groups -OCH3 is 1. The number of carbonyl (C=O) groups is 1. The molecule has 0 aliphatic carbocycles. The van der Waals surface area contributed by atoms with Crippen molar-refractivity contribution in [1.29, 1.82) is 0 Å². The second-order valence-electron chi connectivity index (χ2n) is 7.10. The summed E-state index contributed by atoms with van der Waals surface area (Å²) in [5.74, 6) is -0.571. The lowest BCUT2D eigenvalue weighted by atomic mass is 9.99. The SMILES string of the molecule is COC1OC2COC(c3ccccc3)OC2C(=O)C1OS(=O)(=O)c1ccc(C)cc1. The fourth-order valence-corrected chi connectivity index (χ4v) is 4.42. The molecule has 0 radical (unpaired) electrons. The van der Waals surface area contributed by atoms with E-state index in [4.69, 9.17) is 23.1 Å². The van der Waals surface area contributed by atoms with Gasteiger partial charge in [0.1, 0.15) is 6.10 Å². The van der Waals surface area contributed by atoms with Gasteiger partial charge >= 0.3 is 0 Å². The highest BCUT2D eigenvalue weighted by atomic mass is 32.2. The maximum Gasteiger partial charge on any atom is 0.297 e. The monoisotopic (exact) mass is 434 g/mol. The number of carbonyl (C=O) groups excluding carboxylic acids is 1. The smallest absolute Gasteiger partial charge is 0.297 e. The van der Waals surface area contributed by atoms with Gasteiger partial charge in [-0.2, -0.15) is 8.42 Å². The van der Waals surface area contributed by atoms with Crippen LogP contribution in [-0.4, -0.2) is 52.5 Å². The van der Waals surface area contributed by atoms with E-state index in [1.165, 1.54) is 19.2 Å². The number of Topliss-reactive ketones (excluding diaryl/α,β-unsaturated/α-hetero) is 1. The molecule has 8 nitrogen and oxygen atoms in total. The second kappa shape index (κ2) is 8.54. The van der Waals surface area contributed by atoms with Crippen LogP contribution in [0.4, 0.5) is 0 Å². The lowest BCUT2D eigenvalue weighted by molar-refractivity contribution is -0.311. The summed E-state index contributed by atoms with van der Waals surface area (Å²) in [6.45, 7) is 1.93. The number of aryl methyl sites for hydroxylation is 1. The highest BCUT2D eigenvalue weighted by Gasteiger charge is 2.51. The van der Waals surface area contributed by atoms with Gasteiger partial charge in [0.05, 0.1) is 11.5 Å². The zero-order valence-corrected chi connectivity index (χ0v) is 17.3.